The van der Waals surface area contributed by atoms with Crippen molar-refractivity contribution in [1.29, 1.82) is 0 Å². The van der Waals surface area contributed by atoms with Gasteiger partial charge < -0.3 is 19.2 Å². The first kappa shape index (κ1) is 18.3. The van der Waals surface area contributed by atoms with Crippen molar-refractivity contribution in [2.24, 2.45) is 0 Å². The lowest BCUT2D eigenvalue weighted by Gasteiger charge is -2.14. The Morgan fingerprint density at radius 1 is 1.14 bits per heavy atom. The molecule has 2 aromatic carbocycles. The minimum atomic E-state index is -0.114. The number of rotatable bonds is 6. The van der Waals surface area contributed by atoms with Crippen LogP contribution < -0.4 is 14.8 Å². The normalized spacial score (nSPS) is 13.4. The molecule has 1 aliphatic rings. The molecule has 0 saturated heterocycles. The second-order valence-electron chi connectivity index (χ2n) is 6.41. The zero-order valence-corrected chi connectivity index (χ0v) is 15.9. The molecule has 0 unspecified atom stereocenters. The van der Waals surface area contributed by atoms with Gasteiger partial charge in [-0.3, -0.25) is 4.79 Å². The first-order chi connectivity index (χ1) is 13.6. The number of carbonyl (C=O) groups is 1. The van der Waals surface area contributed by atoms with E-state index in [1.54, 1.807) is 24.3 Å². The molecule has 1 N–H and O–H groups in total. The van der Waals surface area contributed by atoms with Gasteiger partial charge in [0.2, 0.25) is 24.5 Å². The molecular formula is C20H18ClN3O4. The predicted octanol–water partition coefficient (Wildman–Crippen LogP) is 3.93. The molecule has 1 atom stereocenters. The molecule has 0 aliphatic carbocycles. The highest BCUT2D eigenvalue weighted by molar-refractivity contribution is 6.30. The molecule has 0 spiro atoms. The number of amides is 1. The van der Waals surface area contributed by atoms with Crippen LogP contribution in [0, 0.1) is 0 Å². The summed E-state index contributed by atoms with van der Waals surface area (Å²) in [5, 5.41) is 11.7. The number of hydrogen-bond donors (Lipinski definition) is 1. The Hall–Kier alpha value is -3.06. The van der Waals surface area contributed by atoms with Crippen LogP contribution in [0.3, 0.4) is 0 Å². The lowest BCUT2D eigenvalue weighted by molar-refractivity contribution is -0.121. The zero-order chi connectivity index (χ0) is 19.5. The fraction of sp³-hybridized carbons (Fsp3) is 0.250. The van der Waals surface area contributed by atoms with Gasteiger partial charge in [-0.05, 0) is 42.8 Å². The third-order valence-electron chi connectivity index (χ3n) is 4.40. The molecule has 4 rings (SSSR count). The molecule has 28 heavy (non-hydrogen) atoms. The highest BCUT2D eigenvalue weighted by atomic mass is 35.5. The molecule has 1 aromatic heterocycles. The highest BCUT2D eigenvalue weighted by Gasteiger charge is 2.17. The molecule has 0 fully saturated rings. The second kappa shape index (κ2) is 7.90. The molecule has 0 radical (unpaired) electrons. The third-order valence-corrected chi connectivity index (χ3v) is 4.65. The van der Waals surface area contributed by atoms with E-state index >= 15 is 0 Å². The SMILES string of the molecule is C[C@@H](NC(=O)CCc1nnc(-c2ccc3c(c2)OCO3)o1)c1ccc(Cl)cc1. The summed E-state index contributed by atoms with van der Waals surface area (Å²) in [7, 11) is 0. The van der Waals surface area contributed by atoms with Crippen molar-refractivity contribution in [3.8, 4) is 23.0 Å². The van der Waals surface area contributed by atoms with Crippen LogP contribution in [-0.2, 0) is 11.2 Å². The molecule has 1 amide bonds. The van der Waals surface area contributed by atoms with Gasteiger partial charge in [-0.25, -0.2) is 0 Å². The summed E-state index contributed by atoms with van der Waals surface area (Å²) in [5.41, 5.74) is 1.73. The Morgan fingerprint density at radius 2 is 1.93 bits per heavy atom. The van der Waals surface area contributed by atoms with Gasteiger partial charge in [-0.2, -0.15) is 0 Å². The van der Waals surface area contributed by atoms with E-state index in [-0.39, 0.29) is 25.2 Å². The Kier molecular flexibility index (Phi) is 5.16. The van der Waals surface area contributed by atoms with Gasteiger partial charge in [-0.15, -0.1) is 10.2 Å². The maximum Gasteiger partial charge on any atom is 0.247 e. The van der Waals surface area contributed by atoms with Crippen molar-refractivity contribution in [2.75, 3.05) is 6.79 Å². The lowest BCUT2D eigenvalue weighted by Crippen LogP contribution is -2.26. The number of ether oxygens (including phenoxy) is 2. The number of nitrogens with one attached hydrogen (secondary N) is 1. The number of halogens is 1. The molecule has 2 heterocycles. The fourth-order valence-electron chi connectivity index (χ4n) is 2.87. The Bertz CT molecular complexity index is 987. The third kappa shape index (κ3) is 4.09. The number of carbonyl (C=O) groups excluding carboxylic acids is 1. The predicted molar refractivity (Wildman–Crippen MR) is 102 cm³/mol. The zero-order valence-electron chi connectivity index (χ0n) is 15.1. The summed E-state index contributed by atoms with van der Waals surface area (Å²) >= 11 is 5.89. The van der Waals surface area contributed by atoms with Gasteiger partial charge in [0.15, 0.2) is 11.5 Å². The van der Waals surface area contributed by atoms with Gasteiger partial charge in [0.05, 0.1) is 6.04 Å². The summed E-state index contributed by atoms with van der Waals surface area (Å²) in [6, 6.07) is 12.7. The minimum Gasteiger partial charge on any atom is -0.454 e. The summed E-state index contributed by atoms with van der Waals surface area (Å²) in [6.45, 7) is 2.13. The maximum absolute atomic E-state index is 12.2. The number of fused-ring (bicyclic) bond motifs is 1. The van der Waals surface area contributed by atoms with E-state index in [1.165, 1.54) is 0 Å². The van der Waals surface area contributed by atoms with E-state index in [4.69, 9.17) is 25.5 Å². The number of hydrogen-bond acceptors (Lipinski definition) is 6. The van der Waals surface area contributed by atoms with Crippen molar-refractivity contribution >= 4 is 17.5 Å². The van der Waals surface area contributed by atoms with Crippen LogP contribution >= 0.6 is 11.6 Å². The topological polar surface area (TPSA) is 86.5 Å². The molecule has 0 bridgehead atoms. The lowest BCUT2D eigenvalue weighted by atomic mass is 10.1. The Labute approximate surface area is 166 Å². The van der Waals surface area contributed by atoms with Gasteiger partial charge >= 0.3 is 0 Å². The van der Waals surface area contributed by atoms with Crippen LogP contribution in [0.4, 0.5) is 0 Å². The molecule has 7 nitrogen and oxygen atoms in total. The molecule has 144 valence electrons. The fourth-order valence-corrected chi connectivity index (χ4v) is 3.00. The minimum absolute atomic E-state index is 0.0923. The van der Waals surface area contributed by atoms with Gasteiger partial charge in [-0.1, -0.05) is 23.7 Å². The summed E-state index contributed by atoms with van der Waals surface area (Å²) in [4.78, 5) is 12.2. The molecule has 3 aromatic rings. The van der Waals surface area contributed by atoms with Crippen molar-refractivity contribution in [2.45, 2.75) is 25.8 Å². The highest BCUT2D eigenvalue weighted by Crippen LogP contribution is 2.35. The quantitative estimate of drug-likeness (QED) is 0.675. The molecule has 8 heteroatoms. The molecular weight excluding hydrogens is 382 g/mol. The maximum atomic E-state index is 12.2. The summed E-state index contributed by atoms with van der Waals surface area (Å²) in [5.74, 6) is 2.03. The smallest absolute Gasteiger partial charge is 0.247 e. The average Bonchev–Trinajstić information content (AvgIpc) is 3.35. The molecule has 0 saturated carbocycles. The van der Waals surface area contributed by atoms with Gasteiger partial charge in [0, 0.05) is 23.4 Å². The van der Waals surface area contributed by atoms with Crippen LogP contribution in [0.1, 0.15) is 30.8 Å². The Morgan fingerprint density at radius 3 is 2.75 bits per heavy atom. The summed E-state index contributed by atoms with van der Waals surface area (Å²) in [6.07, 6.45) is 0.609. The van der Waals surface area contributed by atoms with E-state index in [0.29, 0.717) is 34.7 Å². The average molecular weight is 400 g/mol. The van der Waals surface area contributed by atoms with Crippen LogP contribution in [0.5, 0.6) is 11.5 Å². The van der Waals surface area contributed by atoms with Crippen LogP contribution in [0.25, 0.3) is 11.5 Å². The van der Waals surface area contributed by atoms with Crippen LogP contribution in [0.2, 0.25) is 5.02 Å². The van der Waals surface area contributed by atoms with Crippen molar-refractivity contribution in [3.05, 3.63) is 58.9 Å². The van der Waals surface area contributed by atoms with E-state index < -0.39 is 0 Å². The number of nitrogens with zero attached hydrogens (tertiary/aromatic N) is 2. The first-order valence-electron chi connectivity index (χ1n) is 8.86. The monoisotopic (exact) mass is 399 g/mol. The Balaban J connectivity index is 1.33. The standard InChI is InChI=1S/C20H18ClN3O4/c1-12(13-2-5-15(21)6-3-13)22-18(25)8-9-19-23-24-20(28-19)14-4-7-16-17(10-14)27-11-26-16/h2-7,10,12H,8-9,11H2,1H3,(H,22,25)/t12-/m1/s1. The number of benzene rings is 2. The van der Waals surface area contributed by atoms with Crippen molar-refractivity contribution in [3.63, 3.8) is 0 Å². The second-order valence-corrected chi connectivity index (χ2v) is 6.85. The van der Waals surface area contributed by atoms with Gasteiger partial charge in [0.25, 0.3) is 0 Å². The van der Waals surface area contributed by atoms with E-state index in [0.717, 1.165) is 11.1 Å². The van der Waals surface area contributed by atoms with Crippen molar-refractivity contribution < 1.29 is 18.7 Å². The number of aryl methyl sites for hydroxylation is 1. The molecule has 1 aliphatic heterocycles. The van der Waals surface area contributed by atoms with Crippen molar-refractivity contribution in [1.82, 2.24) is 15.5 Å². The number of aromatic nitrogens is 2. The largest absolute Gasteiger partial charge is 0.454 e. The van der Waals surface area contributed by atoms with Gasteiger partial charge in [0.1, 0.15) is 0 Å². The van der Waals surface area contributed by atoms with Crippen LogP contribution in [-0.4, -0.2) is 22.9 Å². The summed E-state index contributed by atoms with van der Waals surface area (Å²) < 4.78 is 16.3. The van der Waals surface area contributed by atoms with Crippen LogP contribution in [0.15, 0.2) is 46.9 Å². The van der Waals surface area contributed by atoms with E-state index in [2.05, 4.69) is 15.5 Å². The first-order valence-corrected chi connectivity index (χ1v) is 9.23. The van der Waals surface area contributed by atoms with E-state index in [9.17, 15) is 4.79 Å². The van der Waals surface area contributed by atoms with E-state index in [1.807, 2.05) is 25.1 Å².